The SMILES string of the molecule is CCn1ncnc1COc1cccc(N2CCNCC2)c1. The van der Waals surface area contributed by atoms with Gasteiger partial charge in [0.1, 0.15) is 18.7 Å². The summed E-state index contributed by atoms with van der Waals surface area (Å²) in [7, 11) is 0. The van der Waals surface area contributed by atoms with Crippen molar-refractivity contribution in [3.63, 3.8) is 0 Å². The number of aromatic nitrogens is 3. The highest BCUT2D eigenvalue weighted by Gasteiger charge is 2.11. The van der Waals surface area contributed by atoms with E-state index >= 15 is 0 Å². The van der Waals surface area contributed by atoms with Crippen LogP contribution < -0.4 is 15.0 Å². The lowest BCUT2D eigenvalue weighted by atomic mass is 10.2. The fraction of sp³-hybridized carbons (Fsp3) is 0.467. The summed E-state index contributed by atoms with van der Waals surface area (Å²) in [6, 6.07) is 8.25. The Balaban J connectivity index is 1.65. The Hall–Kier alpha value is -2.08. The second-order valence-electron chi connectivity index (χ2n) is 5.02. The van der Waals surface area contributed by atoms with E-state index in [0.717, 1.165) is 44.3 Å². The van der Waals surface area contributed by atoms with Gasteiger partial charge in [-0.15, -0.1) is 0 Å². The molecule has 1 fully saturated rings. The molecule has 2 heterocycles. The van der Waals surface area contributed by atoms with Crippen molar-refractivity contribution < 1.29 is 4.74 Å². The van der Waals surface area contributed by atoms with E-state index in [0.29, 0.717) is 6.61 Å². The average Bonchev–Trinajstić information content (AvgIpc) is 3.01. The molecule has 112 valence electrons. The van der Waals surface area contributed by atoms with Crippen molar-refractivity contribution >= 4 is 5.69 Å². The first-order valence-electron chi connectivity index (χ1n) is 7.42. The molecule has 0 aliphatic carbocycles. The molecule has 0 unspecified atom stereocenters. The molecular formula is C15H21N5O. The Labute approximate surface area is 124 Å². The molecule has 0 bridgehead atoms. The van der Waals surface area contributed by atoms with E-state index in [1.165, 1.54) is 5.69 Å². The summed E-state index contributed by atoms with van der Waals surface area (Å²) >= 11 is 0. The summed E-state index contributed by atoms with van der Waals surface area (Å²) < 4.78 is 7.71. The van der Waals surface area contributed by atoms with Crippen LogP contribution in [0.3, 0.4) is 0 Å². The molecule has 2 aromatic rings. The van der Waals surface area contributed by atoms with Gasteiger partial charge < -0.3 is 15.0 Å². The third kappa shape index (κ3) is 3.33. The molecule has 1 aromatic heterocycles. The summed E-state index contributed by atoms with van der Waals surface area (Å²) in [5.41, 5.74) is 1.21. The van der Waals surface area contributed by atoms with E-state index < -0.39 is 0 Å². The van der Waals surface area contributed by atoms with Gasteiger partial charge in [-0.3, -0.25) is 0 Å². The highest BCUT2D eigenvalue weighted by molar-refractivity contribution is 5.51. The van der Waals surface area contributed by atoms with Crippen LogP contribution in [-0.2, 0) is 13.2 Å². The van der Waals surface area contributed by atoms with Crippen LogP contribution in [-0.4, -0.2) is 40.9 Å². The molecule has 3 rings (SSSR count). The first-order chi connectivity index (χ1) is 10.4. The number of nitrogens with one attached hydrogen (secondary N) is 1. The molecular weight excluding hydrogens is 266 g/mol. The molecule has 0 radical (unpaired) electrons. The minimum Gasteiger partial charge on any atom is -0.486 e. The van der Waals surface area contributed by atoms with Crippen LogP contribution in [0.4, 0.5) is 5.69 Å². The predicted octanol–water partition coefficient (Wildman–Crippen LogP) is 1.29. The monoisotopic (exact) mass is 287 g/mol. The van der Waals surface area contributed by atoms with Gasteiger partial charge in [0, 0.05) is 44.5 Å². The Kier molecular flexibility index (Phi) is 4.35. The second kappa shape index (κ2) is 6.58. The Morgan fingerprint density at radius 1 is 1.29 bits per heavy atom. The highest BCUT2D eigenvalue weighted by Crippen LogP contribution is 2.22. The van der Waals surface area contributed by atoms with Crippen LogP contribution in [0.2, 0.25) is 0 Å². The van der Waals surface area contributed by atoms with Crippen LogP contribution in [0.15, 0.2) is 30.6 Å². The van der Waals surface area contributed by atoms with Crippen molar-refractivity contribution in [3.8, 4) is 5.75 Å². The van der Waals surface area contributed by atoms with Crippen molar-refractivity contribution in [1.82, 2.24) is 20.1 Å². The third-order valence-electron chi connectivity index (χ3n) is 3.66. The summed E-state index contributed by atoms with van der Waals surface area (Å²) in [5, 5.41) is 7.51. The van der Waals surface area contributed by atoms with Gasteiger partial charge >= 0.3 is 0 Å². The number of benzene rings is 1. The van der Waals surface area contributed by atoms with E-state index in [1.54, 1.807) is 6.33 Å². The number of hydrogen-bond donors (Lipinski definition) is 1. The van der Waals surface area contributed by atoms with Crippen molar-refractivity contribution in [2.75, 3.05) is 31.1 Å². The molecule has 21 heavy (non-hydrogen) atoms. The summed E-state index contributed by atoms with van der Waals surface area (Å²) in [6.07, 6.45) is 1.57. The molecule has 1 saturated heterocycles. The lowest BCUT2D eigenvalue weighted by Crippen LogP contribution is -2.43. The fourth-order valence-electron chi connectivity index (χ4n) is 2.50. The quantitative estimate of drug-likeness (QED) is 0.898. The molecule has 0 amide bonds. The normalized spacial score (nSPS) is 15.2. The van der Waals surface area contributed by atoms with Crippen molar-refractivity contribution in [2.24, 2.45) is 0 Å². The molecule has 1 aliphatic rings. The molecule has 1 aromatic carbocycles. The number of nitrogens with zero attached hydrogens (tertiary/aromatic N) is 4. The van der Waals surface area contributed by atoms with E-state index in [9.17, 15) is 0 Å². The van der Waals surface area contributed by atoms with Crippen molar-refractivity contribution in [1.29, 1.82) is 0 Å². The first-order valence-corrected chi connectivity index (χ1v) is 7.42. The number of piperazine rings is 1. The zero-order chi connectivity index (χ0) is 14.5. The smallest absolute Gasteiger partial charge is 0.164 e. The Morgan fingerprint density at radius 2 is 2.14 bits per heavy atom. The van der Waals surface area contributed by atoms with Crippen LogP contribution in [0, 0.1) is 0 Å². The van der Waals surface area contributed by atoms with E-state index in [4.69, 9.17) is 4.74 Å². The van der Waals surface area contributed by atoms with Gasteiger partial charge in [0.25, 0.3) is 0 Å². The topological polar surface area (TPSA) is 55.2 Å². The highest BCUT2D eigenvalue weighted by atomic mass is 16.5. The molecule has 6 nitrogen and oxygen atoms in total. The molecule has 0 atom stereocenters. The molecule has 6 heteroatoms. The van der Waals surface area contributed by atoms with Gasteiger partial charge in [0.15, 0.2) is 5.82 Å². The Bertz CT molecular complexity index is 577. The van der Waals surface area contributed by atoms with Gasteiger partial charge in [-0.25, -0.2) is 9.67 Å². The average molecular weight is 287 g/mol. The number of hydrogen-bond acceptors (Lipinski definition) is 5. The van der Waals surface area contributed by atoms with E-state index in [-0.39, 0.29) is 0 Å². The zero-order valence-electron chi connectivity index (χ0n) is 12.3. The van der Waals surface area contributed by atoms with E-state index in [1.807, 2.05) is 23.7 Å². The molecule has 0 spiro atoms. The van der Waals surface area contributed by atoms with Gasteiger partial charge in [-0.2, -0.15) is 5.10 Å². The summed E-state index contributed by atoms with van der Waals surface area (Å²) in [6.45, 7) is 7.43. The number of rotatable bonds is 5. The van der Waals surface area contributed by atoms with Gasteiger partial charge in [0.2, 0.25) is 0 Å². The maximum Gasteiger partial charge on any atom is 0.164 e. The van der Waals surface area contributed by atoms with Gasteiger partial charge in [0.05, 0.1) is 0 Å². The van der Waals surface area contributed by atoms with Gasteiger partial charge in [-0.05, 0) is 19.1 Å². The first kappa shape index (κ1) is 13.9. The lowest BCUT2D eigenvalue weighted by Gasteiger charge is -2.29. The summed E-state index contributed by atoms with van der Waals surface area (Å²) in [4.78, 5) is 6.60. The minimum absolute atomic E-state index is 0.443. The van der Waals surface area contributed by atoms with Crippen LogP contribution in [0.25, 0.3) is 0 Å². The van der Waals surface area contributed by atoms with Crippen LogP contribution in [0.5, 0.6) is 5.75 Å². The number of ether oxygens (including phenoxy) is 1. The number of aryl methyl sites for hydroxylation is 1. The van der Waals surface area contributed by atoms with Crippen LogP contribution in [0.1, 0.15) is 12.7 Å². The zero-order valence-corrected chi connectivity index (χ0v) is 12.3. The van der Waals surface area contributed by atoms with Crippen molar-refractivity contribution in [2.45, 2.75) is 20.1 Å². The summed E-state index contributed by atoms with van der Waals surface area (Å²) in [5.74, 6) is 1.72. The number of anilines is 1. The fourth-order valence-corrected chi connectivity index (χ4v) is 2.50. The standard InChI is InChI=1S/C15H21N5O/c1-2-20-15(17-12-18-20)11-21-14-5-3-4-13(10-14)19-8-6-16-7-9-19/h3-5,10,12,16H,2,6-9,11H2,1H3. The maximum absolute atomic E-state index is 5.86. The van der Waals surface area contributed by atoms with Gasteiger partial charge in [-0.1, -0.05) is 6.07 Å². The maximum atomic E-state index is 5.86. The molecule has 1 aliphatic heterocycles. The molecule has 0 saturated carbocycles. The molecule has 1 N–H and O–H groups in total. The predicted molar refractivity (Wildman–Crippen MR) is 81.6 cm³/mol. The third-order valence-corrected chi connectivity index (χ3v) is 3.66. The lowest BCUT2D eigenvalue weighted by molar-refractivity contribution is 0.287. The largest absolute Gasteiger partial charge is 0.486 e. The van der Waals surface area contributed by atoms with Crippen molar-refractivity contribution in [3.05, 3.63) is 36.4 Å². The Morgan fingerprint density at radius 3 is 2.95 bits per heavy atom. The van der Waals surface area contributed by atoms with E-state index in [2.05, 4.69) is 32.4 Å². The second-order valence-corrected chi connectivity index (χ2v) is 5.02. The minimum atomic E-state index is 0.443. The van der Waals surface area contributed by atoms with Crippen LogP contribution >= 0.6 is 0 Å².